The van der Waals surface area contributed by atoms with Crippen molar-refractivity contribution in [3.63, 3.8) is 0 Å². The van der Waals surface area contributed by atoms with Gasteiger partial charge in [0.2, 0.25) is 0 Å². The Balaban J connectivity index is 1.63. The Morgan fingerprint density at radius 2 is 2.11 bits per heavy atom. The molecule has 1 N–H and O–H groups in total. The maximum Gasteiger partial charge on any atom is 0.195 e. The topological polar surface area (TPSA) is 47.3 Å². The van der Waals surface area contributed by atoms with Gasteiger partial charge in [-0.3, -0.25) is 0 Å². The van der Waals surface area contributed by atoms with Crippen LogP contribution in [0.4, 0.5) is 0 Å². The van der Waals surface area contributed by atoms with Gasteiger partial charge < -0.3 is 14.5 Å². The van der Waals surface area contributed by atoms with Crippen LogP contribution in [0.1, 0.15) is 22.9 Å². The summed E-state index contributed by atoms with van der Waals surface area (Å²) in [5, 5.41) is 3.30. The third-order valence-corrected chi connectivity index (χ3v) is 3.43. The number of fused-ring (bicyclic) bond motifs is 1. The van der Waals surface area contributed by atoms with Gasteiger partial charge in [-0.2, -0.15) is 0 Å². The minimum absolute atomic E-state index is 0.835. The summed E-state index contributed by atoms with van der Waals surface area (Å²) in [6.07, 6.45) is 2.74. The third-order valence-electron chi connectivity index (χ3n) is 3.43. The molecule has 0 bridgehead atoms. The lowest BCUT2D eigenvalue weighted by molar-refractivity contribution is 0.414. The second-order valence-corrected chi connectivity index (χ2v) is 4.75. The van der Waals surface area contributed by atoms with Crippen molar-refractivity contribution < 1.29 is 9.15 Å². The summed E-state index contributed by atoms with van der Waals surface area (Å²) in [4.78, 5) is 4.55. The van der Waals surface area contributed by atoms with E-state index in [0.717, 1.165) is 55.4 Å². The average molecular weight is 258 g/mol. The number of hydrogen-bond donors (Lipinski definition) is 1. The molecule has 0 fully saturated rings. The molecule has 1 aliphatic rings. The van der Waals surface area contributed by atoms with Crippen molar-refractivity contribution in [1.29, 1.82) is 0 Å². The van der Waals surface area contributed by atoms with Crippen LogP contribution < -0.4 is 10.1 Å². The maximum atomic E-state index is 5.80. The molecule has 2 aromatic rings. The number of oxazole rings is 1. The van der Waals surface area contributed by atoms with E-state index in [2.05, 4.69) is 22.4 Å². The second-order valence-electron chi connectivity index (χ2n) is 4.75. The molecule has 0 atom stereocenters. The zero-order valence-corrected chi connectivity index (χ0v) is 11.1. The molecule has 100 valence electrons. The highest BCUT2D eigenvalue weighted by Crippen LogP contribution is 2.17. The summed E-state index contributed by atoms with van der Waals surface area (Å²) in [6.45, 7) is 1.82. The van der Waals surface area contributed by atoms with E-state index in [1.54, 1.807) is 7.11 Å². The SMILES string of the molecule is COc1ccc(CCc2nc3c(o2)CCNC3)cc1. The van der Waals surface area contributed by atoms with Crippen LogP contribution in [0.5, 0.6) is 5.75 Å². The molecule has 0 amide bonds. The first kappa shape index (κ1) is 12.2. The summed E-state index contributed by atoms with van der Waals surface area (Å²) in [5.74, 6) is 2.80. The average Bonchev–Trinajstić information content (AvgIpc) is 2.88. The van der Waals surface area contributed by atoms with Crippen LogP contribution in [0, 0.1) is 0 Å². The van der Waals surface area contributed by atoms with Crippen molar-refractivity contribution in [1.82, 2.24) is 10.3 Å². The van der Waals surface area contributed by atoms with Gasteiger partial charge in [-0.1, -0.05) is 12.1 Å². The van der Waals surface area contributed by atoms with Gasteiger partial charge in [0.15, 0.2) is 5.89 Å². The molecule has 1 aromatic carbocycles. The molecule has 1 aromatic heterocycles. The van der Waals surface area contributed by atoms with Crippen molar-refractivity contribution >= 4 is 0 Å². The molecule has 2 heterocycles. The van der Waals surface area contributed by atoms with Crippen molar-refractivity contribution in [2.45, 2.75) is 25.8 Å². The van der Waals surface area contributed by atoms with Crippen LogP contribution in [0.3, 0.4) is 0 Å². The van der Waals surface area contributed by atoms with Gasteiger partial charge in [0, 0.05) is 25.9 Å². The van der Waals surface area contributed by atoms with Gasteiger partial charge >= 0.3 is 0 Å². The van der Waals surface area contributed by atoms with E-state index in [1.807, 2.05) is 12.1 Å². The predicted molar refractivity (Wildman–Crippen MR) is 72.3 cm³/mol. The molecule has 0 spiro atoms. The van der Waals surface area contributed by atoms with Crippen LogP contribution in [0.2, 0.25) is 0 Å². The zero-order valence-electron chi connectivity index (χ0n) is 11.1. The summed E-state index contributed by atoms with van der Waals surface area (Å²) in [7, 11) is 1.68. The normalized spacial score (nSPS) is 14.2. The van der Waals surface area contributed by atoms with Gasteiger partial charge in [0.1, 0.15) is 11.5 Å². The highest BCUT2D eigenvalue weighted by Gasteiger charge is 2.16. The molecule has 3 rings (SSSR count). The minimum Gasteiger partial charge on any atom is -0.497 e. The maximum absolute atomic E-state index is 5.80. The predicted octanol–water partition coefficient (Wildman–Crippen LogP) is 2.11. The van der Waals surface area contributed by atoms with Crippen LogP contribution >= 0.6 is 0 Å². The number of rotatable bonds is 4. The van der Waals surface area contributed by atoms with Crippen molar-refractivity contribution in [3.8, 4) is 5.75 Å². The highest BCUT2D eigenvalue weighted by atomic mass is 16.5. The first-order valence-corrected chi connectivity index (χ1v) is 6.66. The lowest BCUT2D eigenvalue weighted by atomic mass is 10.1. The standard InChI is InChI=1S/C15H18N2O2/c1-18-12-5-2-11(3-6-12)4-7-15-17-13-10-16-9-8-14(13)19-15/h2-3,5-6,16H,4,7-10H2,1H3. The number of aryl methyl sites for hydroxylation is 2. The highest BCUT2D eigenvalue weighted by molar-refractivity contribution is 5.27. The molecule has 0 unspecified atom stereocenters. The Labute approximate surface area is 112 Å². The van der Waals surface area contributed by atoms with Crippen molar-refractivity contribution in [2.75, 3.05) is 13.7 Å². The Hall–Kier alpha value is -1.81. The number of ether oxygens (including phenoxy) is 1. The van der Waals surface area contributed by atoms with Gasteiger partial charge in [-0.05, 0) is 24.1 Å². The van der Waals surface area contributed by atoms with Crippen molar-refractivity contribution in [2.24, 2.45) is 0 Å². The minimum atomic E-state index is 0.835. The molecule has 4 heteroatoms. The molecule has 4 nitrogen and oxygen atoms in total. The number of nitrogens with zero attached hydrogens (tertiary/aromatic N) is 1. The van der Waals surface area contributed by atoms with E-state index in [4.69, 9.17) is 9.15 Å². The Morgan fingerprint density at radius 3 is 2.84 bits per heavy atom. The van der Waals surface area contributed by atoms with E-state index >= 15 is 0 Å². The number of hydrogen-bond acceptors (Lipinski definition) is 4. The lowest BCUT2D eigenvalue weighted by Crippen LogP contribution is -2.22. The van der Waals surface area contributed by atoms with E-state index in [1.165, 1.54) is 5.56 Å². The van der Waals surface area contributed by atoms with Crippen LogP contribution in [0.15, 0.2) is 28.7 Å². The van der Waals surface area contributed by atoms with Crippen LogP contribution in [-0.4, -0.2) is 18.6 Å². The summed E-state index contributed by atoms with van der Waals surface area (Å²) in [5.41, 5.74) is 2.35. The number of aromatic nitrogens is 1. The van der Waals surface area contributed by atoms with Gasteiger partial charge in [0.05, 0.1) is 12.8 Å². The van der Waals surface area contributed by atoms with E-state index in [0.29, 0.717) is 0 Å². The van der Waals surface area contributed by atoms with Crippen molar-refractivity contribution in [3.05, 3.63) is 47.2 Å². The van der Waals surface area contributed by atoms with E-state index in [-0.39, 0.29) is 0 Å². The summed E-state index contributed by atoms with van der Waals surface area (Å²) >= 11 is 0. The Bertz CT molecular complexity index is 522. The molecule has 0 saturated carbocycles. The van der Waals surface area contributed by atoms with Crippen LogP contribution in [-0.2, 0) is 25.8 Å². The third kappa shape index (κ3) is 2.79. The molecule has 0 radical (unpaired) electrons. The number of methoxy groups -OCH3 is 1. The summed E-state index contributed by atoms with van der Waals surface area (Å²) in [6, 6.07) is 8.15. The zero-order chi connectivity index (χ0) is 13.1. The largest absolute Gasteiger partial charge is 0.497 e. The Kier molecular flexibility index (Phi) is 3.51. The second kappa shape index (κ2) is 5.45. The van der Waals surface area contributed by atoms with Gasteiger partial charge in [-0.15, -0.1) is 0 Å². The Morgan fingerprint density at radius 1 is 1.26 bits per heavy atom. The fourth-order valence-electron chi connectivity index (χ4n) is 2.33. The van der Waals surface area contributed by atoms with E-state index < -0.39 is 0 Å². The first-order chi connectivity index (χ1) is 9.35. The number of benzene rings is 1. The molecular formula is C15H18N2O2. The number of nitrogens with one attached hydrogen (secondary N) is 1. The van der Waals surface area contributed by atoms with Crippen LogP contribution in [0.25, 0.3) is 0 Å². The van der Waals surface area contributed by atoms with Gasteiger partial charge in [-0.25, -0.2) is 4.98 Å². The monoisotopic (exact) mass is 258 g/mol. The van der Waals surface area contributed by atoms with E-state index in [9.17, 15) is 0 Å². The fourth-order valence-corrected chi connectivity index (χ4v) is 2.33. The molecular weight excluding hydrogens is 240 g/mol. The molecule has 19 heavy (non-hydrogen) atoms. The fraction of sp³-hybridized carbons (Fsp3) is 0.400. The molecule has 1 aliphatic heterocycles. The smallest absolute Gasteiger partial charge is 0.195 e. The lowest BCUT2D eigenvalue weighted by Gasteiger charge is -2.08. The van der Waals surface area contributed by atoms with Gasteiger partial charge in [0.25, 0.3) is 0 Å². The molecule has 0 saturated heterocycles. The quantitative estimate of drug-likeness (QED) is 0.912. The first-order valence-electron chi connectivity index (χ1n) is 6.66. The summed E-state index contributed by atoms with van der Waals surface area (Å²) < 4.78 is 10.9. The molecule has 0 aliphatic carbocycles.